The van der Waals surface area contributed by atoms with E-state index in [4.69, 9.17) is 4.42 Å². The van der Waals surface area contributed by atoms with Crippen LogP contribution in [0.2, 0.25) is 0 Å². The summed E-state index contributed by atoms with van der Waals surface area (Å²) >= 11 is 0. The summed E-state index contributed by atoms with van der Waals surface area (Å²) in [5, 5.41) is 4.86. The second-order valence-electron chi connectivity index (χ2n) is 14.7. The Labute approximate surface area is 319 Å². The molecule has 55 heavy (non-hydrogen) atoms. The van der Waals surface area contributed by atoms with Crippen LogP contribution in [0.4, 0.5) is 17.1 Å². The molecule has 1 heterocycles. The molecule has 9 aromatic carbocycles. The molecule has 0 saturated heterocycles. The molecule has 0 aliphatic heterocycles. The molecule has 10 aromatic rings. The van der Waals surface area contributed by atoms with Gasteiger partial charge in [-0.3, -0.25) is 0 Å². The van der Waals surface area contributed by atoms with Crippen molar-refractivity contribution in [1.82, 2.24) is 0 Å². The fourth-order valence-corrected chi connectivity index (χ4v) is 9.92. The third kappa shape index (κ3) is 4.08. The van der Waals surface area contributed by atoms with E-state index in [2.05, 4.69) is 193 Å². The first-order chi connectivity index (χ1) is 27.3. The third-order valence-electron chi connectivity index (χ3n) is 12.1. The molecular formula is C53H33NO. The van der Waals surface area contributed by atoms with Gasteiger partial charge in [-0.15, -0.1) is 0 Å². The molecule has 1 unspecified atom stereocenters. The minimum Gasteiger partial charge on any atom is -0.454 e. The molecule has 2 nitrogen and oxygen atoms in total. The number of hydrogen-bond acceptors (Lipinski definition) is 2. The van der Waals surface area contributed by atoms with Crippen molar-refractivity contribution in [3.63, 3.8) is 0 Å². The monoisotopic (exact) mass is 699 g/mol. The maximum Gasteiger partial charge on any atom is 0.159 e. The highest BCUT2D eigenvalue weighted by Gasteiger charge is 2.50. The Morgan fingerprint density at radius 1 is 0.382 bits per heavy atom. The molecule has 0 N–H and O–H groups in total. The van der Waals surface area contributed by atoms with Crippen LogP contribution in [0.5, 0.6) is 0 Å². The largest absolute Gasteiger partial charge is 0.454 e. The second kappa shape index (κ2) is 11.4. The Morgan fingerprint density at radius 3 is 1.82 bits per heavy atom. The lowest BCUT2D eigenvalue weighted by Crippen LogP contribution is -2.31. The van der Waals surface area contributed by atoms with Crippen molar-refractivity contribution in [2.75, 3.05) is 4.90 Å². The molecule has 0 fully saturated rings. The van der Waals surface area contributed by atoms with Gasteiger partial charge in [0.15, 0.2) is 5.58 Å². The second-order valence-corrected chi connectivity index (χ2v) is 14.7. The van der Waals surface area contributed by atoms with Gasteiger partial charge in [0.2, 0.25) is 0 Å². The summed E-state index contributed by atoms with van der Waals surface area (Å²) in [4.78, 5) is 2.31. The maximum absolute atomic E-state index is 6.56. The standard InChI is InChI=1S/C53H33NO/c1-2-16-36(17-3-1)54(48-28-13-23-42-40-19-6-9-29-49(40)55-52(42)48)37-32-30-34(31-33-37)38-21-12-27-47-51(38)43-20-5-8-25-45(43)53(47)44-24-7-4-18-39(44)41-22-10-14-35-15-11-26-46(53)50(35)41/h1-33H. The topological polar surface area (TPSA) is 16.4 Å². The Balaban J connectivity index is 1.07. The molecule has 12 rings (SSSR count). The van der Waals surface area contributed by atoms with Crippen molar-refractivity contribution >= 4 is 49.8 Å². The Morgan fingerprint density at radius 2 is 0.964 bits per heavy atom. The molecule has 2 heteroatoms. The van der Waals surface area contributed by atoms with Gasteiger partial charge in [0.25, 0.3) is 0 Å². The summed E-state index contributed by atoms with van der Waals surface area (Å²) < 4.78 is 6.56. The summed E-state index contributed by atoms with van der Waals surface area (Å²) in [5.74, 6) is 0. The van der Waals surface area contributed by atoms with E-state index in [9.17, 15) is 0 Å². The predicted octanol–water partition coefficient (Wildman–Crippen LogP) is 14.2. The summed E-state index contributed by atoms with van der Waals surface area (Å²) in [6.45, 7) is 0. The average Bonchev–Trinajstić information content (AvgIpc) is 3.78. The summed E-state index contributed by atoms with van der Waals surface area (Å²) in [5.41, 5.74) is 17.5. The molecule has 2 aliphatic carbocycles. The van der Waals surface area contributed by atoms with Crippen LogP contribution in [0.3, 0.4) is 0 Å². The quantitative estimate of drug-likeness (QED) is 0.182. The van der Waals surface area contributed by atoms with Gasteiger partial charge < -0.3 is 9.32 Å². The molecule has 1 aromatic heterocycles. The van der Waals surface area contributed by atoms with E-state index in [1.807, 2.05) is 12.1 Å². The molecule has 2 aliphatic rings. The van der Waals surface area contributed by atoms with Gasteiger partial charge >= 0.3 is 0 Å². The first-order valence-corrected chi connectivity index (χ1v) is 19.0. The number of furan rings is 1. The summed E-state index contributed by atoms with van der Waals surface area (Å²) in [6.07, 6.45) is 0. The van der Waals surface area contributed by atoms with Crippen LogP contribution in [-0.2, 0) is 5.41 Å². The van der Waals surface area contributed by atoms with Gasteiger partial charge in [0, 0.05) is 22.1 Å². The Bertz CT molecular complexity index is 3150. The number of rotatable bonds is 4. The average molecular weight is 700 g/mol. The number of nitrogens with zero attached hydrogens (tertiary/aromatic N) is 1. The fraction of sp³-hybridized carbons (Fsp3) is 0.0189. The first-order valence-electron chi connectivity index (χ1n) is 19.0. The lowest BCUT2D eigenvalue weighted by Gasteiger charge is -2.40. The van der Waals surface area contributed by atoms with Gasteiger partial charge in [0.05, 0.1) is 11.1 Å². The molecule has 1 spiro atoms. The Hall–Kier alpha value is -7.16. The van der Waals surface area contributed by atoms with Crippen molar-refractivity contribution in [2.45, 2.75) is 5.41 Å². The van der Waals surface area contributed by atoms with E-state index in [0.717, 1.165) is 39.0 Å². The van der Waals surface area contributed by atoms with Crippen LogP contribution in [0.15, 0.2) is 205 Å². The van der Waals surface area contributed by atoms with Crippen LogP contribution in [-0.4, -0.2) is 0 Å². The van der Waals surface area contributed by atoms with Crippen LogP contribution >= 0.6 is 0 Å². The third-order valence-corrected chi connectivity index (χ3v) is 12.1. The van der Waals surface area contributed by atoms with Crippen molar-refractivity contribution in [3.8, 4) is 33.4 Å². The SMILES string of the molecule is c1ccc(N(c2ccc(-c3cccc4c3-c3ccccc3C43c4ccccc4-c4cccc5cccc3c45)cc2)c2cccc3c2oc2ccccc23)cc1. The van der Waals surface area contributed by atoms with Crippen molar-refractivity contribution in [3.05, 3.63) is 222 Å². The summed E-state index contributed by atoms with van der Waals surface area (Å²) in [6, 6.07) is 73.2. The number of hydrogen-bond donors (Lipinski definition) is 0. The van der Waals surface area contributed by atoms with Gasteiger partial charge in [-0.2, -0.15) is 0 Å². The van der Waals surface area contributed by atoms with Crippen LogP contribution in [0.1, 0.15) is 22.3 Å². The molecule has 0 radical (unpaired) electrons. The molecule has 0 saturated carbocycles. The van der Waals surface area contributed by atoms with Gasteiger partial charge in [0.1, 0.15) is 5.58 Å². The van der Waals surface area contributed by atoms with Gasteiger partial charge in [-0.1, -0.05) is 164 Å². The smallest absolute Gasteiger partial charge is 0.159 e. The van der Waals surface area contributed by atoms with E-state index in [-0.39, 0.29) is 0 Å². The minimum atomic E-state index is -0.443. The van der Waals surface area contributed by atoms with E-state index in [0.29, 0.717) is 0 Å². The molecule has 256 valence electrons. The molecular weight excluding hydrogens is 667 g/mol. The molecule has 0 bridgehead atoms. The summed E-state index contributed by atoms with van der Waals surface area (Å²) in [7, 11) is 0. The maximum atomic E-state index is 6.56. The minimum absolute atomic E-state index is 0.443. The van der Waals surface area contributed by atoms with Crippen molar-refractivity contribution in [1.29, 1.82) is 0 Å². The van der Waals surface area contributed by atoms with E-state index >= 15 is 0 Å². The zero-order valence-corrected chi connectivity index (χ0v) is 29.9. The highest BCUT2D eigenvalue weighted by atomic mass is 16.3. The number of fused-ring (bicyclic) bond motifs is 12. The zero-order valence-electron chi connectivity index (χ0n) is 29.9. The molecule has 1 atom stereocenters. The van der Waals surface area contributed by atoms with Crippen LogP contribution in [0.25, 0.3) is 66.1 Å². The van der Waals surface area contributed by atoms with Crippen molar-refractivity contribution in [2.24, 2.45) is 0 Å². The normalized spacial score (nSPS) is 15.0. The molecule has 0 amide bonds. The highest BCUT2D eigenvalue weighted by molar-refractivity contribution is 6.11. The predicted molar refractivity (Wildman–Crippen MR) is 228 cm³/mol. The van der Waals surface area contributed by atoms with Crippen molar-refractivity contribution < 1.29 is 4.42 Å². The first kappa shape index (κ1) is 30.3. The van der Waals surface area contributed by atoms with Crippen LogP contribution < -0.4 is 4.90 Å². The fourth-order valence-electron chi connectivity index (χ4n) is 9.92. The number of benzene rings is 9. The Kier molecular flexibility index (Phi) is 6.29. The highest BCUT2D eigenvalue weighted by Crippen LogP contribution is 2.63. The van der Waals surface area contributed by atoms with Crippen LogP contribution in [0, 0.1) is 0 Å². The number of para-hydroxylation sites is 3. The van der Waals surface area contributed by atoms with E-state index < -0.39 is 5.41 Å². The lowest BCUT2D eigenvalue weighted by atomic mass is 9.61. The zero-order chi connectivity index (χ0) is 36.1. The lowest BCUT2D eigenvalue weighted by molar-refractivity contribution is 0.669. The van der Waals surface area contributed by atoms with E-state index in [1.54, 1.807) is 0 Å². The van der Waals surface area contributed by atoms with Gasteiger partial charge in [-0.25, -0.2) is 0 Å². The van der Waals surface area contributed by atoms with E-state index in [1.165, 1.54) is 66.4 Å². The number of anilines is 3. The van der Waals surface area contributed by atoms with Gasteiger partial charge in [-0.05, 0) is 103 Å².